The molecule has 0 bridgehead atoms. The number of aliphatic imine (C=N–C) groups is 2. The fraction of sp³-hybridized carbons (Fsp3) is 0.609. The zero-order valence-electron chi connectivity index (χ0n) is 17.5. The lowest BCUT2D eigenvalue weighted by molar-refractivity contribution is -0.0529. The van der Waals surface area contributed by atoms with Crippen LogP contribution in [0.2, 0.25) is 0 Å². The van der Waals surface area contributed by atoms with Crippen LogP contribution in [0, 0.1) is 28.6 Å². The zero-order valence-corrected chi connectivity index (χ0v) is 17.5. The van der Waals surface area contributed by atoms with Crippen LogP contribution in [0.4, 0.5) is 4.39 Å². The van der Waals surface area contributed by atoms with E-state index < -0.39 is 11.3 Å². The second-order valence-electron chi connectivity index (χ2n) is 9.92. The number of aliphatic hydroxyl groups is 1. The summed E-state index contributed by atoms with van der Waals surface area (Å²) in [6, 6.07) is 7.90. The van der Waals surface area contributed by atoms with Gasteiger partial charge in [0.25, 0.3) is 0 Å². The molecule has 0 amide bonds. The van der Waals surface area contributed by atoms with Gasteiger partial charge in [-0.05, 0) is 62.6 Å². The van der Waals surface area contributed by atoms with E-state index in [1.165, 1.54) is 13.8 Å². The van der Waals surface area contributed by atoms with E-state index in [4.69, 9.17) is 15.7 Å². The molecule has 1 aliphatic heterocycles. The number of nitrogens with two attached hydrogens (primary N) is 1. The summed E-state index contributed by atoms with van der Waals surface area (Å²) in [5, 5.41) is 20.0. The van der Waals surface area contributed by atoms with Gasteiger partial charge in [0.1, 0.15) is 11.5 Å². The van der Waals surface area contributed by atoms with Crippen LogP contribution in [0.1, 0.15) is 63.6 Å². The molecule has 5 nitrogen and oxygen atoms in total. The molecule has 3 aliphatic rings. The number of hydrogen-bond donors (Lipinski definition) is 2. The number of nitrogens with zero attached hydrogens (tertiary/aromatic N) is 3. The van der Waals surface area contributed by atoms with Crippen molar-refractivity contribution >= 4 is 11.5 Å². The van der Waals surface area contributed by atoms with Gasteiger partial charge in [-0.1, -0.05) is 19.9 Å². The molecule has 1 aromatic rings. The van der Waals surface area contributed by atoms with Gasteiger partial charge in [-0.15, -0.1) is 0 Å². The predicted octanol–water partition coefficient (Wildman–Crippen LogP) is 3.63. The lowest BCUT2D eigenvalue weighted by atomic mass is 9.59. The molecule has 1 saturated carbocycles. The first-order valence-corrected chi connectivity index (χ1v) is 10.4. The molecule has 6 heteroatoms. The van der Waals surface area contributed by atoms with Gasteiger partial charge >= 0.3 is 0 Å². The maximum Gasteiger partial charge on any atom is 0.184 e. The summed E-state index contributed by atoms with van der Waals surface area (Å²) in [6.45, 7) is 7.16. The van der Waals surface area contributed by atoms with Crippen LogP contribution in [-0.2, 0) is 12.1 Å². The van der Waals surface area contributed by atoms with E-state index >= 15 is 0 Å². The summed E-state index contributed by atoms with van der Waals surface area (Å²) in [7, 11) is 0. The third-order valence-corrected chi connectivity index (χ3v) is 6.94. The lowest BCUT2D eigenvalue weighted by Gasteiger charge is -2.49. The third-order valence-electron chi connectivity index (χ3n) is 6.94. The highest BCUT2D eigenvalue weighted by Crippen LogP contribution is 2.63. The smallest absolute Gasteiger partial charge is 0.184 e. The van der Waals surface area contributed by atoms with Gasteiger partial charge in [0, 0.05) is 17.4 Å². The highest BCUT2D eigenvalue weighted by Gasteiger charge is 2.63. The first kappa shape index (κ1) is 20.0. The minimum absolute atomic E-state index is 0.0914. The Balaban J connectivity index is 1.92. The van der Waals surface area contributed by atoms with Crippen molar-refractivity contribution in [2.24, 2.45) is 33.0 Å². The van der Waals surface area contributed by atoms with E-state index in [-0.39, 0.29) is 35.6 Å². The largest absolute Gasteiger partial charge is 0.393 e. The number of amidine groups is 1. The highest BCUT2D eigenvalue weighted by molar-refractivity contribution is 6.42. The minimum Gasteiger partial charge on any atom is -0.393 e. The van der Waals surface area contributed by atoms with Crippen molar-refractivity contribution in [2.45, 2.75) is 70.8 Å². The third kappa shape index (κ3) is 2.98. The summed E-state index contributed by atoms with van der Waals surface area (Å²) in [5.41, 5.74) is 6.64. The first-order chi connectivity index (χ1) is 13.5. The van der Waals surface area contributed by atoms with Gasteiger partial charge in [-0.2, -0.15) is 5.26 Å². The van der Waals surface area contributed by atoms with Crippen LogP contribution in [0.5, 0.6) is 0 Å². The monoisotopic (exact) mass is 396 g/mol. The van der Waals surface area contributed by atoms with Crippen molar-refractivity contribution < 1.29 is 9.50 Å². The second kappa shape index (κ2) is 6.37. The number of aliphatic hydroxyl groups excluding tert-OH is 1. The summed E-state index contributed by atoms with van der Waals surface area (Å²) in [6.07, 6.45) is 2.00. The normalized spacial score (nSPS) is 36.1. The number of halogens is 1. The van der Waals surface area contributed by atoms with Crippen molar-refractivity contribution in [1.29, 1.82) is 5.26 Å². The molecule has 29 heavy (non-hydrogen) atoms. The molecule has 5 atom stereocenters. The lowest BCUT2D eigenvalue weighted by Crippen LogP contribution is -2.49. The average molecular weight is 397 g/mol. The number of nitriles is 1. The first-order valence-electron chi connectivity index (χ1n) is 10.4. The zero-order chi connectivity index (χ0) is 21.2. The van der Waals surface area contributed by atoms with Gasteiger partial charge in [0.05, 0.1) is 23.4 Å². The van der Waals surface area contributed by atoms with Crippen LogP contribution in [0.25, 0.3) is 0 Å². The Kier molecular flexibility index (Phi) is 4.40. The molecular formula is C23H29FN4O. The second-order valence-corrected chi connectivity index (χ2v) is 9.92. The van der Waals surface area contributed by atoms with Crippen molar-refractivity contribution in [3.8, 4) is 6.07 Å². The molecule has 1 heterocycles. The Morgan fingerprint density at radius 1 is 1.28 bits per heavy atom. The molecule has 2 aliphatic carbocycles. The van der Waals surface area contributed by atoms with Gasteiger partial charge in [-0.3, -0.25) is 4.99 Å². The average Bonchev–Trinajstić information content (AvgIpc) is 3.07. The SMILES string of the molecule is C[C@@H]1CC2(Cc3ccc(C#N)cc3[C@]23N=C(N)C(CC(C)(C)F)=N3)C[C@H](C)C1O. The van der Waals surface area contributed by atoms with Crippen molar-refractivity contribution in [3.63, 3.8) is 0 Å². The fourth-order valence-electron chi connectivity index (χ4n) is 5.85. The standard InChI is InChI=1S/C23H29FN4O/c1-13-8-22(9-14(2)19(13)29)10-16-6-5-15(12-25)7-17(16)23(22)27-18(20(26)28-23)11-21(3,4)24/h5-7,13-14,19,29H,8-11H2,1-4H3,(H2,26,28)/t13-,14+,19?,22?,23-/m0/s1. The van der Waals surface area contributed by atoms with Gasteiger partial charge in [0.2, 0.25) is 0 Å². The Bertz CT molecular complexity index is 943. The molecule has 4 rings (SSSR count). The van der Waals surface area contributed by atoms with E-state index in [2.05, 4.69) is 19.9 Å². The van der Waals surface area contributed by atoms with Crippen LogP contribution >= 0.6 is 0 Å². The van der Waals surface area contributed by atoms with E-state index in [1.807, 2.05) is 18.2 Å². The fourth-order valence-corrected chi connectivity index (χ4v) is 5.85. The maximum atomic E-state index is 14.4. The van der Waals surface area contributed by atoms with E-state index in [0.29, 0.717) is 11.3 Å². The van der Waals surface area contributed by atoms with Gasteiger partial charge < -0.3 is 10.8 Å². The summed E-state index contributed by atoms with van der Waals surface area (Å²) < 4.78 is 14.4. The molecular weight excluding hydrogens is 367 g/mol. The Morgan fingerprint density at radius 2 is 1.93 bits per heavy atom. The quantitative estimate of drug-likeness (QED) is 0.799. The Labute approximate surface area is 171 Å². The molecule has 2 unspecified atom stereocenters. The highest BCUT2D eigenvalue weighted by atomic mass is 19.1. The van der Waals surface area contributed by atoms with Crippen LogP contribution in [-0.4, -0.2) is 28.4 Å². The molecule has 0 radical (unpaired) electrons. The van der Waals surface area contributed by atoms with E-state index in [1.54, 1.807) is 0 Å². The van der Waals surface area contributed by atoms with Gasteiger partial charge in [0.15, 0.2) is 5.66 Å². The molecule has 1 fully saturated rings. The number of rotatable bonds is 2. The van der Waals surface area contributed by atoms with E-state index in [9.17, 15) is 14.8 Å². The molecule has 2 spiro atoms. The molecule has 0 aromatic heterocycles. The molecule has 3 N–H and O–H groups in total. The number of fused-ring (bicyclic) bond motifs is 3. The Hall–Kier alpha value is -2.26. The summed E-state index contributed by atoms with van der Waals surface area (Å²) in [4.78, 5) is 9.94. The van der Waals surface area contributed by atoms with Crippen molar-refractivity contribution in [3.05, 3.63) is 34.9 Å². The summed E-state index contributed by atoms with van der Waals surface area (Å²) in [5.74, 6) is 0.471. The van der Waals surface area contributed by atoms with Crippen molar-refractivity contribution in [1.82, 2.24) is 0 Å². The number of benzene rings is 1. The van der Waals surface area contributed by atoms with Gasteiger partial charge in [-0.25, -0.2) is 9.38 Å². The summed E-state index contributed by atoms with van der Waals surface area (Å²) >= 11 is 0. The Morgan fingerprint density at radius 3 is 2.52 bits per heavy atom. The topological polar surface area (TPSA) is 94.8 Å². The molecule has 0 saturated heterocycles. The molecule has 1 aromatic carbocycles. The van der Waals surface area contributed by atoms with Crippen LogP contribution in [0.3, 0.4) is 0 Å². The van der Waals surface area contributed by atoms with E-state index in [0.717, 1.165) is 30.4 Å². The predicted molar refractivity (Wildman–Crippen MR) is 111 cm³/mol. The molecule has 154 valence electrons. The number of hydrogen-bond acceptors (Lipinski definition) is 5. The number of alkyl halides is 1. The minimum atomic E-state index is -1.45. The maximum absolute atomic E-state index is 14.4. The van der Waals surface area contributed by atoms with Crippen LogP contribution < -0.4 is 5.73 Å². The van der Waals surface area contributed by atoms with Crippen molar-refractivity contribution in [2.75, 3.05) is 0 Å². The van der Waals surface area contributed by atoms with Crippen LogP contribution in [0.15, 0.2) is 28.2 Å².